The molecule has 0 atom stereocenters. The number of aromatic nitrogens is 2. The van der Waals surface area contributed by atoms with Crippen LogP contribution in [0.3, 0.4) is 0 Å². The number of ether oxygens (including phenoxy) is 1. The molecule has 0 spiro atoms. The first kappa shape index (κ1) is 23.0. The van der Waals surface area contributed by atoms with E-state index >= 15 is 0 Å². The van der Waals surface area contributed by atoms with Crippen LogP contribution in [0.15, 0.2) is 36.0 Å². The van der Waals surface area contributed by atoms with Gasteiger partial charge >= 0.3 is 0 Å². The SMILES string of the molecule is CC=C(C)N(CCN(C)C)C(=O)c1c(C)nc(OCC)n1Cc1ccc(Cl)cc1. The average molecular weight is 419 g/mol. The van der Waals surface area contributed by atoms with Crippen LogP contribution in [0.1, 0.15) is 42.5 Å². The fourth-order valence-electron chi connectivity index (χ4n) is 3.00. The summed E-state index contributed by atoms with van der Waals surface area (Å²) in [6.45, 7) is 9.96. The van der Waals surface area contributed by atoms with Crippen molar-refractivity contribution in [3.05, 3.63) is 58.0 Å². The fourth-order valence-corrected chi connectivity index (χ4v) is 3.12. The highest BCUT2D eigenvalue weighted by Gasteiger charge is 2.27. The third-order valence-electron chi connectivity index (χ3n) is 4.70. The number of aryl methyl sites for hydroxylation is 1. The summed E-state index contributed by atoms with van der Waals surface area (Å²) in [5, 5.41) is 0.676. The quantitative estimate of drug-likeness (QED) is 0.611. The Morgan fingerprint density at radius 3 is 2.45 bits per heavy atom. The molecule has 1 amide bonds. The van der Waals surface area contributed by atoms with E-state index in [1.807, 2.05) is 76.7 Å². The molecule has 0 saturated carbocycles. The lowest BCUT2D eigenvalue weighted by atomic mass is 10.2. The van der Waals surface area contributed by atoms with E-state index in [1.54, 1.807) is 4.90 Å². The molecule has 2 aromatic rings. The third kappa shape index (κ3) is 5.84. The summed E-state index contributed by atoms with van der Waals surface area (Å²) in [6.07, 6.45) is 1.95. The maximum absolute atomic E-state index is 13.6. The number of rotatable bonds is 9. The van der Waals surface area contributed by atoms with Crippen molar-refractivity contribution in [3.63, 3.8) is 0 Å². The van der Waals surface area contributed by atoms with Crippen molar-refractivity contribution in [1.29, 1.82) is 0 Å². The maximum atomic E-state index is 13.6. The highest BCUT2D eigenvalue weighted by molar-refractivity contribution is 6.30. The smallest absolute Gasteiger partial charge is 0.297 e. The molecule has 0 fully saturated rings. The monoisotopic (exact) mass is 418 g/mol. The first-order chi connectivity index (χ1) is 13.8. The van der Waals surface area contributed by atoms with Gasteiger partial charge in [-0.05, 0) is 59.5 Å². The Morgan fingerprint density at radius 1 is 1.24 bits per heavy atom. The molecule has 0 aliphatic carbocycles. The van der Waals surface area contributed by atoms with Crippen LogP contribution in [-0.4, -0.2) is 59.0 Å². The molecule has 0 saturated heterocycles. The highest BCUT2D eigenvalue weighted by Crippen LogP contribution is 2.23. The molecule has 7 heteroatoms. The van der Waals surface area contributed by atoms with Crippen LogP contribution in [0.2, 0.25) is 5.02 Å². The average Bonchev–Trinajstić information content (AvgIpc) is 2.98. The lowest BCUT2D eigenvalue weighted by Crippen LogP contribution is -2.36. The molecule has 6 nitrogen and oxygen atoms in total. The van der Waals surface area contributed by atoms with Crippen LogP contribution in [0.4, 0.5) is 0 Å². The largest absolute Gasteiger partial charge is 0.465 e. The van der Waals surface area contributed by atoms with Gasteiger partial charge in [-0.3, -0.25) is 9.36 Å². The summed E-state index contributed by atoms with van der Waals surface area (Å²) in [5.41, 5.74) is 3.13. The van der Waals surface area contributed by atoms with Gasteiger partial charge in [-0.2, -0.15) is 4.98 Å². The van der Waals surface area contributed by atoms with Crippen LogP contribution >= 0.6 is 11.6 Å². The second kappa shape index (κ2) is 10.5. The van der Waals surface area contributed by atoms with Crippen molar-refractivity contribution in [2.75, 3.05) is 33.8 Å². The van der Waals surface area contributed by atoms with E-state index in [-0.39, 0.29) is 5.91 Å². The minimum absolute atomic E-state index is 0.0765. The fraction of sp³-hybridized carbons (Fsp3) is 0.455. The van der Waals surface area contributed by atoms with Crippen molar-refractivity contribution >= 4 is 17.5 Å². The Hall–Kier alpha value is -2.31. The van der Waals surface area contributed by atoms with Gasteiger partial charge in [-0.25, -0.2) is 0 Å². The van der Waals surface area contributed by atoms with Crippen LogP contribution in [-0.2, 0) is 6.54 Å². The van der Waals surface area contributed by atoms with Gasteiger partial charge in [0.05, 0.1) is 18.8 Å². The Kier molecular flexibility index (Phi) is 8.29. The molecular weight excluding hydrogens is 388 g/mol. The minimum atomic E-state index is -0.0765. The first-order valence-electron chi connectivity index (χ1n) is 9.82. The van der Waals surface area contributed by atoms with E-state index in [4.69, 9.17) is 16.3 Å². The van der Waals surface area contributed by atoms with E-state index in [2.05, 4.69) is 9.88 Å². The molecule has 0 aliphatic heterocycles. The third-order valence-corrected chi connectivity index (χ3v) is 4.95. The predicted molar refractivity (Wildman–Crippen MR) is 118 cm³/mol. The summed E-state index contributed by atoms with van der Waals surface area (Å²) in [5.74, 6) is -0.0765. The molecular formula is C22H31ClN4O2. The number of benzene rings is 1. The summed E-state index contributed by atoms with van der Waals surface area (Å²) in [4.78, 5) is 22.0. The molecule has 2 rings (SSSR count). The van der Waals surface area contributed by atoms with E-state index in [0.29, 0.717) is 42.1 Å². The molecule has 0 aliphatic rings. The predicted octanol–water partition coefficient (Wildman–Crippen LogP) is 4.22. The topological polar surface area (TPSA) is 50.6 Å². The number of amides is 1. The van der Waals surface area contributed by atoms with Gasteiger partial charge in [-0.1, -0.05) is 29.8 Å². The number of carbonyl (C=O) groups is 1. The first-order valence-corrected chi connectivity index (χ1v) is 10.2. The van der Waals surface area contributed by atoms with Crippen LogP contribution in [0, 0.1) is 6.92 Å². The van der Waals surface area contributed by atoms with Crippen LogP contribution in [0.5, 0.6) is 6.01 Å². The molecule has 1 aromatic heterocycles. The van der Waals surface area contributed by atoms with Crippen molar-refractivity contribution in [1.82, 2.24) is 19.4 Å². The van der Waals surface area contributed by atoms with Crippen LogP contribution in [0.25, 0.3) is 0 Å². The zero-order valence-corrected chi connectivity index (χ0v) is 19.0. The number of allylic oxidation sites excluding steroid dienone is 2. The summed E-state index contributed by atoms with van der Waals surface area (Å²) < 4.78 is 7.60. The maximum Gasteiger partial charge on any atom is 0.297 e. The molecule has 29 heavy (non-hydrogen) atoms. The Balaban J connectivity index is 2.48. The van der Waals surface area contributed by atoms with Crippen molar-refractivity contribution in [2.24, 2.45) is 0 Å². The van der Waals surface area contributed by atoms with Crippen LogP contribution < -0.4 is 4.74 Å². The Morgan fingerprint density at radius 2 is 1.90 bits per heavy atom. The van der Waals surface area contributed by atoms with E-state index in [1.165, 1.54) is 0 Å². The number of imidazole rings is 1. The summed E-state index contributed by atoms with van der Waals surface area (Å²) in [7, 11) is 3.99. The standard InChI is InChI=1S/C22H31ClN4O2/c1-7-16(3)26(14-13-25(5)6)21(28)20-17(4)24-22(29-8-2)27(20)15-18-9-11-19(23)12-10-18/h7,9-12H,8,13-15H2,1-6H3. The summed E-state index contributed by atoms with van der Waals surface area (Å²) >= 11 is 6.02. The van der Waals surface area contributed by atoms with Gasteiger partial charge in [0, 0.05) is 23.8 Å². The van der Waals surface area contributed by atoms with Gasteiger partial charge in [-0.15, -0.1) is 0 Å². The van der Waals surface area contributed by atoms with E-state index < -0.39 is 0 Å². The minimum Gasteiger partial charge on any atom is -0.465 e. The van der Waals surface area contributed by atoms with E-state index in [0.717, 1.165) is 17.8 Å². The molecule has 158 valence electrons. The number of hydrogen-bond donors (Lipinski definition) is 0. The molecule has 1 aromatic carbocycles. The van der Waals surface area contributed by atoms with Gasteiger partial charge < -0.3 is 14.5 Å². The lowest BCUT2D eigenvalue weighted by molar-refractivity contribution is 0.0785. The Bertz CT molecular complexity index is 856. The van der Waals surface area contributed by atoms with Gasteiger partial charge in [0.15, 0.2) is 0 Å². The lowest BCUT2D eigenvalue weighted by Gasteiger charge is -2.26. The van der Waals surface area contributed by atoms with Crippen molar-refractivity contribution in [3.8, 4) is 6.01 Å². The zero-order chi connectivity index (χ0) is 21.6. The normalized spacial score (nSPS) is 11.8. The van der Waals surface area contributed by atoms with Gasteiger partial charge in [0.25, 0.3) is 11.9 Å². The van der Waals surface area contributed by atoms with E-state index in [9.17, 15) is 4.79 Å². The second-order valence-electron chi connectivity index (χ2n) is 7.16. The number of likely N-dealkylation sites (N-methyl/N-ethyl adjacent to an activating group) is 1. The summed E-state index contributed by atoms with van der Waals surface area (Å²) in [6, 6.07) is 8.03. The second-order valence-corrected chi connectivity index (χ2v) is 7.60. The molecule has 0 bridgehead atoms. The molecule has 0 N–H and O–H groups in total. The molecule has 0 radical (unpaired) electrons. The number of nitrogens with zero attached hydrogens (tertiary/aromatic N) is 4. The number of halogens is 1. The van der Waals surface area contributed by atoms with Gasteiger partial charge in [0.1, 0.15) is 5.69 Å². The molecule has 1 heterocycles. The zero-order valence-electron chi connectivity index (χ0n) is 18.2. The highest BCUT2D eigenvalue weighted by atomic mass is 35.5. The van der Waals surface area contributed by atoms with Crippen molar-refractivity contribution in [2.45, 2.75) is 34.2 Å². The molecule has 0 unspecified atom stereocenters. The van der Waals surface area contributed by atoms with Crippen molar-refractivity contribution < 1.29 is 9.53 Å². The Labute approximate surface area is 178 Å². The van der Waals surface area contributed by atoms with Gasteiger partial charge in [0.2, 0.25) is 0 Å². The number of carbonyl (C=O) groups excluding carboxylic acids is 1. The number of hydrogen-bond acceptors (Lipinski definition) is 4.